The molecule has 240 valence electrons. The van der Waals surface area contributed by atoms with Crippen molar-refractivity contribution in [2.24, 2.45) is 0 Å². The van der Waals surface area contributed by atoms with Crippen LogP contribution in [0.15, 0.2) is 36.4 Å². The number of rotatable bonds is 11. The molecule has 2 heterocycles. The molecule has 1 saturated heterocycles. The number of carbonyl (C=O) groups is 4. The van der Waals surface area contributed by atoms with Crippen molar-refractivity contribution in [1.29, 1.82) is 0 Å². The number of piperazine rings is 1. The number of carbonyl (C=O) groups excluding carboxylic acids is 4. The van der Waals surface area contributed by atoms with Crippen LogP contribution in [0.25, 0.3) is 11.4 Å². The molecule has 0 saturated carbocycles. The summed E-state index contributed by atoms with van der Waals surface area (Å²) < 4.78 is 35.2. The first-order valence-corrected chi connectivity index (χ1v) is 16.4. The fraction of sp³-hybridized carbons (Fsp3) is 0.533. The first kappa shape index (κ1) is 34.4. The van der Waals surface area contributed by atoms with E-state index in [1.54, 1.807) is 58.0 Å². The van der Waals surface area contributed by atoms with Crippen molar-refractivity contribution in [1.82, 2.24) is 25.1 Å². The Morgan fingerprint density at radius 2 is 1.61 bits per heavy atom. The van der Waals surface area contributed by atoms with Crippen LogP contribution in [0.3, 0.4) is 0 Å². The lowest BCUT2D eigenvalue weighted by Gasteiger charge is -2.36. The molecule has 1 aromatic heterocycles. The molecule has 0 bridgehead atoms. The highest BCUT2D eigenvalue weighted by Crippen LogP contribution is 2.18. The zero-order valence-corrected chi connectivity index (χ0v) is 26.7. The smallest absolute Gasteiger partial charge is 0.409 e. The van der Waals surface area contributed by atoms with E-state index < -0.39 is 51.1 Å². The van der Waals surface area contributed by atoms with Crippen molar-refractivity contribution in [3.05, 3.63) is 47.8 Å². The fourth-order valence-electron chi connectivity index (χ4n) is 4.42. The summed E-state index contributed by atoms with van der Waals surface area (Å²) in [6.45, 7) is 9.58. The largest absolute Gasteiger partial charge is 0.460 e. The minimum Gasteiger partial charge on any atom is -0.460 e. The van der Waals surface area contributed by atoms with E-state index in [1.807, 2.05) is 0 Å². The maximum Gasteiger partial charge on any atom is 0.409 e. The SMILES string of the molecule is CCOC(=O)N1CCN(C(=O)C(CCC(=O)OC(C)(C)C)NC(=O)c2cc(CS(=O)(=O)CC)nc(-c3ccccc3)n2)CC1. The number of benzene rings is 1. The Morgan fingerprint density at radius 1 is 0.977 bits per heavy atom. The molecule has 1 aliphatic rings. The van der Waals surface area contributed by atoms with E-state index in [0.717, 1.165) is 0 Å². The third-order valence-corrected chi connectivity index (χ3v) is 8.24. The van der Waals surface area contributed by atoms with Crippen LogP contribution in [0, 0.1) is 0 Å². The Morgan fingerprint density at radius 3 is 2.20 bits per heavy atom. The summed E-state index contributed by atoms with van der Waals surface area (Å²) in [5, 5.41) is 2.70. The molecule has 3 rings (SSSR count). The molecular formula is C30H41N5O8S. The highest BCUT2D eigenvalue weighted by molar-refractivity contribution is 7.90. The van der Waals surface area contributed by atoms with Crippen molar-refractivity contribution >= 4 is 33.7 Å². The fourth-order valence-corrected chi connectivity index (χ4v) is 5.22. The third-order valence-electron chi connectivity index (χ3n) is 6.63. The zero-order chi connectivity index (χ0) is 32.5. The Balaban J connectivity index is 1.87. The van der Waals surface area contributed by atoms with Gasteiger partial charge in [0, 0.05) is 43.9 Å². The number of ether oxygens (including phenoxy) is 2. The Bertz CT molecular complexity index is 1440. The van der Waals surface area contributed by atoms with Gasteiger partial charge in [-0.15, -0.1) is 0 Å². The highest BCUT2D eigenvalue weighted by Gasteiger charge is 2.32. The van der Waals surface area contributed by atoms with Crippen LogP contribution in [-0.4, -0.2) is 102 Å². The van der Waals surface area contributed by atoms with Gasteiger partial charge in [0.2, 0.25) is 5.91 Å². The quantitative estimate of drug-likeness (QED) is 0.365. The summed E-state index contributed by atoms with van der Waals surface area (Å²) in [6, 6.07) is 8.97. The van der Waals surface area contributed by atoms with Crippen LogP contribution in [-0.2, 0) is 34.7 Å². The van der Waals surface area contributed by atoms with Crippen molar-refractivity contribution in [2.45, 2.75) is 64.9 Å². The van der Waals surface area contributed by atoms with Crippen LogP contribution in [0.5, 0.6) is 0 Å². The van der Waals surface area contributed by atoms with Crippen molar-refractivity contribution < 1.29 is 37.1 Å². The summed E-state index contributed by atoms with van der Waals surface area (Å²) in [6.07, 6.45) is -0.658. The van der Waals surface area contributed by atoms with Gasteiger partial charge in [0.15, 0.2) is 15.7 Å². The minimum absolute atomic E-state index is 0.0503. The van der Waals surface area contributed by atoms with Crippen molar-refractivity contribution in [3.8, 4) is 11.4 Å². The van der Waals surface area contributed by atoms with E-state index in [1.165, 1.54) is 22.8 Å². The minimum atomic E-state index is -3.48. The number of esters is 1. The van der Waals surface area contributed by atoms with E-state index in [4.69, 9.17) is 9.47 Å². The van der Waals surface area contributed by atoms with Gasteiger partial charge in [0.05, 0.1) is 18.1 Å². The number of aromatic nitrogens is 2. The number of amides is 3. The molecule has 1 fully saturated rings. The molecule has 1 N–H and O–H groups in total. The summed E-state index contributed by atoms with van der Waals surface area (Å²) in [5.74, 6) is -2.03. The first-order chi connectivity index (χ1) is 20.7. The second kappa shape index (κ2) is 15.1. The average Bonchev–Trinajstić information content (AvgIpc) is 2.98. The van der Waals surface area contributed by atoms with Gasteiger partial charge < -0.3 is 24.6 Å². The molecule has 1 unspecified atom stereocenters. The molecule has 2 aromatic rings. The lowest BCUT2D eigenvalue weighted by molar-refractivity contribution is -0.155. The molecule has 1 aliphatic heterocycles. The maximum atomic E-state index is 13.7. The molecule has 14 heteroatoms. The van der Waals surface area contributed by atoms with E-state index >= 15 is 0 Å². The Hall–Kier alpha value is -4.07. The lowest BCUT2D eigenvalue weighted by atomic mass is 10.1. The summed E-state index contributed by atoms with van der Waals surface area (Å²) in [5.41, 5.74) is -0.137. The van der Waals surface area contributed by atoms with Crippen molar-refractivity contribution in [3.63, 3.8) is 0 Å². The monoisotopic (exact) mass is 631 g/mol. The molecule has 0 spiro atoms. The number of hydrogen-bond acceptors (Lipinski definition) is 10. The van der Waals surface area contributed by atoms with E-state index in [2.05, 4.69) is 15.3 Å². The Kier molecular flexibility index (Phi) is 11.8. The molecule has 3 amide bonds. The molecule has 1 atom stereocenters. The number of sulfone groups is 1. The zero-order valence-electron chi connectivity index (χ0n) is 25.9. The van der Waals surface area contributed by atoms with Gasteiger partial charge in [-0.25, -0.2) is 23.2 Å². The molecule has 44 heavy (non-hydrogen) atoms. The molecular weight excluding hydrogens is 590 g/mol. The normalized spacial score (nSPS) is 14.5. The van der Waals surface area contributed by atoms with Gasteiger partial charge in [-0.1, -0.05) is 37.3 Å². The summed E-state index contributed by atoms with van der Waals surface area (Å²) >= 11 is 0. The van der Waals surface area contributed by atoms with Gasteiger partial charge in [-0.3, -0.25) is 14.4 Å². The second-order valence-electron chi connectivity index (χ2n) is 11.3. The topological polar surface area (TPSA) is 165 Å². The van der Waals surface area contributed by atoms with Crippen molar-refractivity contribution in [2.75, 3.05) is 38.5 Å². The molecule has 0 radical (unpaired) electrons. The van der Waals surface area contributed by atoms with Gasteiger partial charge in [0.1, 0.15) is 17.3 Å². The molecule has 1 aromatic carbocycles. The third kappa shape index (κ3) is 10.3. The second-order valence-corrected chi connectivity index (χ2v) is 13.6. The van der Waals surface area contributed by atoms with E-state index in [0.29, 0.717) is 5.56 Å². The molecule has 0 aliphatic carbocycles. The standard InChI is InChI=1S/C30H41N5O8S/c1-6-42-29(39)35-17-15-34(16-18-35)28(38)23(13-14-25(36)43-30(3,4)5)33-27(37)24-19-22(20-44(40,41)7-2)31-26(32-24)21-11-9-8-10-12-21/h8-12,19,23H,6-7,13-18,20H2,1-5H3,(H,33,37). The predicted octanol–water partition coefficient (Wildman–Crippen LogP) is 2.60. The summed E-state index contributed by atoms with van der Waals surface area (Å²) in [4.78, 5) is 63.7. The van der Waals surface area contributed by atoms with E-state index in [-0.39, 0.29) is 68.6 Å². The lowest BCUT2D eigenvalue weighted by Crippen LogP contribution is -2.56. The maximum absolute atomic E-state index is 13.7. The highest BCUT2D eigenvalue weighted by atomic mass is 32.2. The van der Waals surface area contributed by atoms with E-state index in [9.17, 15) is 27.6 Å². The van der Waals surface area contributed by atoms with Crippen LogP contribution < -0.4 is 5.32 Å². The Labute approximate surface area is 258 Å². The number of nitrogens with one attached hydrogen (secondary N) is 1. The van der Waals surface area contributed by atoms with Crippen LogP contribution >= 0.6 is 0 Å². The predicted molar refractivity (Wildman–Crippen MR) is 162 cm³/mol. The average molecular weight is 632 g/mol. The van der Waals surface area contributed by atoms with Crippen LogP contribution in [0.4, 0.5) is 4.79 Å². The van der Waals surface area contributed by atoms with Crippen LogP contribution in [0.2, 0.25) is 0 Å². The number of nitrogens with zero attached hydrogens (tertiary/aromatic N) is 4. The van der Waals surface area contributed by atoms with Gasteiger partial charge in [-0.2, -0.15) is 0 Å². The van der Waals surface area contributed by atoms with Crippen LogP contribution in [0.1, 0.15) is 63.6 Å². The van der Waals surface area contributed by atoms with Gasteiger partial charge in [-0.05, 0) is 40.2 Å². The van der Waals surface area contributed by atoms with Gasteiger partial charge >= 0.3 is 12.1 Å². The number of hydrogen-bond donors (Lipinski definition) is 1. The molecule has 13 nitrogen and oxygen atoms in total. The van der Waals surface area contributed by atoms with Gasteiger partial charge in [0.25, 0.3) is 5.91 Å². The summed E-state index contributed by atoms with van der Waals surface area (Å²) in [7, 11) is -3.48. The first-order valence-electron chi connectivity index (χ1n) is 14.6.